The molecule has 1 aromatic heterocycles. The fourth-order valence-corrected chi connectivity index (χ4v) is 2.59. The number of furan rings is 1. The molecule has 0 aliphatic rings. The van der Waals surface area contributed by atoms with Crippen LogP contribution in [0.3, 0.4) is 0 Å². The third-order valence-corrected chi connectivity index (χ3v) is 3.83. The zero-order valence-corrected chi connectivity index (χ0v) is 10.9. The number of sulfonamides is 1. The Morgan fingerprint density at radius 1 is 1.29 bits per heavy atom. The van der Waals surface area contributed by atoms with Crippen molar-refractivity contribution in [3.63, 3.8) is 0 Å². The summed E-state index contributed by atoms with van der Waals surface area (Å²) >= 11 is 0. The minimum Gasteiger partial charge on any atom is -0.469 e. The van der Waals surface area contributed by atoms with Gasteiger partial charge in [0.25, 0.3) is 0 Å². The van der Waals surface area contributed by atoms with E-state index in [9.17, 15) is 8.42 Å². The van der Waals surface area contributed by atoms with Crippen molar-refractivity contribution in [2.75, 3.05) is 25.9 Å². The quantitative estimate of drug-likeness (QED) is 0.642. The predicted molar refractivity (Wildman–Crippen MR) is 67.4 cm³/mol. The van der Waals surface area contributed by atoms with E-state index >= 15 is 0 Å². The van der Waals surface area contributed by atoms with Crippen molar-refractivity contribution in [2.24, 2.45) is 0 Å². The maximum absolute atomic E-state index is 11.6. The van der Waals surface area contributed by atoms with Gasteiger partial charge in [0.15, 0.2) is 0 Å². The molecule has 0 bridgehead atoms. The third-order valence-electron chi connectivity index (χ3n) is 2.36. The van der Waals surface area contributed by atoms with E-state index in [2.05, 4.69) is 10.0 Å². The molecule has 0 aliphatic heterocycles. The summed E-state index contributed by atoms with van der Waals surface area (Å²) in [6.45, 7) is 1.24. The van der Waals surface area contributed by atoms with Crippen molar-refractivity contribution in [3.05, 3.63) is 24.2 Å². The number of rotatable bonds is 9. The highest BCUT2D eigenvalue weighted by Gasteiger charge is 2.09. The Morgan fingerprint density at radius 3 is 2.76 bits per heavy atom. The zero-order valence-electron chi connectivity index (χ0n) is 10.1. The molecule has 0 spiro atoms. The van der Waals surface area contributed by atoms with Crippen LogP contribution in [0, 0.1) is 0 Å². The lowest BCUT2D eigenvalue weighted by Crippen LogP contribution is -2.28. The molecule has 1 heterocycles. The molecule has 1 aromatic rings. The Bertz CT molecular complexity index is 387. The van der Waals surface area contributed by atoms with Crippen molar-refractivity contribution >= 4 is 10.0 Å². The van der Waals surface area contributed by atoms with Gasteiger partial charge in [0, 0.05) is 13.0 Å². The Balaban J connectivity index is 2.16. The van der Waals surface area contributed by atoms with Crippen LogP contribution >= 0.6 is 0 Å². The molecule has 0 aromatic carbocycles. The normalized spacial score (nSPS) is 11.8. The lowest BCUT2D eigenvalue weighted by Gasteiger charge is -2.05. The first-order chi connectivity index (χ1) is 8.14. The average Bonchev–Trinajstić information content (AvgIpc) is 2.77. The molecule has 0 amide bonds. The van der Waals surface area contributed by atoms with Crippen LogP contribution in [-0.2, 0) is 16.4 Å². The molecule has 2 N–H and O–H groups in total. The Hall–Kier alpha value is -0.850. The lowest BCUT2D eigenvalue weighted by atomic mass is 10.3. The second-order valence-corrected chi connectivity index (χ2v) is 5.78. The van der Waals surface area contributed by atoms with E-state index in [1.165, 1.54) is 0 Å². The third kappa shape index (κ3) is 6.45. The highest BCUT2D eigenvalue weighted by molar-refractivity contribution is 7.89. The van der Waals surface area contributed by atoms with Gasteiger partial charge in [0.2, 0.25) is 10.0 Å². The van der Waals surface area contributed by atoms with Crippen molar-refractivity contribution in [1.29, 1.82) is 0 Å². The van der Waals surface area contributed by atoms with Gasteiger partial charge in [0.1, 0.15) is 5.76 Å². The highest BCUT2D eigenvalue weighted by Crippen LogP contribution is 2.00. The van der Waals surface area contributed by atoms with E-state index in [1.807, 2.05) is 13.1 Å². The molecule has 1 rings (SSSR count). The number of nitrogens with one attached hydrogen (secondary N) is 2. The van der Waals surface area contributed by atoms with Crippen LogP contribution in [0.15, 0.2) is 22.8 Å². The maximum Gasteiger partial charge on any atom is 0.211 e. The molecule has 0 saturated carbocycles. The molecule has 6 heteroatoms. The van der Waals surface area contributed by atoms with Crippen molar-refractivity contribution in [3.8, 4) is 0 Å². The molecule has 0 fully saturated rings. The summed E-state index contributed by atoms with van der Waals surface area (Å²) in [7, 11) is -1.28. The van der Waals surface area contributed by atoms with Gasteiger partial charge in [0.05, 0.1) is 12.0 Å². The molecule has 0 unspecified atom stereocenters. The second-order valence-electron chi connectivity index (χ2n) is 3.85. The standard InChI is InChI=1S/C11H20N2O3S/c1-12-7-2-3-10-17(14,15)13-8-6-11-5-4-9-16-11/h4-5,9,12-13H,2-3,6-8,10H2,1H3. The molecular weight excluding hydrogens is 240 g/mol. The van der Waals surface area contributed by atoms with Crippen LogP contribution in [0.5, 0.6) is 0 Å². The minimum atomic E-state index is -3.13. The molecule has 0 radical (unpaired) electrons. The van der Waals surface area contributed by atoms with Gasteiger partial charge in [-0.25, -0.2) is 13.1 Å². The first kappa shape index (κ1) is 14.2. The summed E-state index contributed by atoms with van der Waals surface area (Å²) in [6.07, 6.45) is 3.72. The topological polar surface area (TPSA) is 71.3 Å². The molecule has 0 saturated heterocycles. The first-order valence-electron chi connectivity index (χ1n) is 5.78. The van der Waals surface area contributed by atoms with E-state index in [1.54, 1.807) is 12.3 Å². The van der Waals surface area contributed by atoms with Gasteiger partial charge < -0.3 is 9.73 Å². The smallest absolute Gasteiger partial charge is 0.211 e. The van der Waals surface area contributed by atoms with Gasteiger partial charge in [-0.15, -0.1) is 0 Å². The van der Waals surface area contributed by atoms with Gasteiger partial charge in [-0.1, -0.05) is 0 Å². The Morgan fingerprint density at radius 2 is 2.12 bits per heavy atom. The van der Waals surface area contributed by atoms with E-state index < -0.39 is 10.0 Å². The van der Waals surface area contributed by atoms with Crippen LogP contribution < -0.4 is 10.0 Å². The van der Waals surface area contributed by atoms with Crippen molar-refractivity contribution in [1.82, 2.24) is 10.0 Å². The van der Waals surface area contributed by atoms with E-state index in [-0.39, 0.29) is 5.75 Å². The van der Waals surface area contributed by atoms with E-state index in [0.29, 0.717) is 19.4 Å². The monoisotopic (exact) mass is 260 g/mol. The molecule has 0 aliphatic carbocycles. The van der Waals surface area contributed by atoms with Crippen LogP contribution in [0.25, 0.3) is 0 Å². The minimum absolute atomic E-state index is 0.187. The summed E-state index contributed by atoms with van der Waals surface area (Å²) in [4.78, 5) is 0. The Kier molecular flexibility index (Phi) is 6.25. The molecular formula is C11H20N2O3S. The summed E-state index contributed by atoms with van der Waals surface area (Å²) in [6, 6.07) is 3.63. The average molecular weight is 260 g/mol. The fourth-order valence-electron chi connectivity index (χ4n) is 1.45. The first-order valence-corrected chi connectivity index (χ1v) is 7.43. The van der Waals surface area contributed by atoms with Crippen molar-refractivity contribution < 1.29 is 12.8 Å². The second kappa shape index (κ2) is 7.47. The van der Waals surface area contributed by atoms with E-state index in [4.69, 9.17) is 4.42 Å². The zero-order chi connectivity index (χ0) is 12.6. The predicted octanol–water partition coefficient (Wildman–Crippen LogP) is 0.741. The number of hydrogen-bond donors (Lipinski definition) is 2. The summed E-state index contributed by atoms with van der Waals surface area (Å²) in [5.74, 6) is 0.982. The van der Waals surface area contributed by atoms with Gasteiger partial charge in [-0.2, -0.15) is 0 Å². The molecule has 5 nitrogen and oxygen atoms in total. The Labute approximate surface area is 103 Å². The molecule has 17 heavy (non-hydrogen) atoms. The summed E-state index contributed by atoms with van der Waals surface area (Å²) in [5.41, 5.74) is 0. The lowest BCUT2D eigenvalue weighted by molar-refractivity contribution is 0.505. The highest BCUT2D eigenvalue weighted by atomic mass is 32.2. The summed E-state index contributed by atoms with van der Waals surface area (Å²) < 4.78 is 30.8. The molecule has 0 atom stereocenters. The summed E-state index contributed by atoms with van der Waals surface area (Å²) in [5, 5.41) is 2.99. The van der Waals surface area contributed by atoms with Crippen LogP contribution in [0.1, 0.15) is 18.6 Å². The van der Waals surface area contributed by atoms with Gasteiger partial charge in [-0.05, 0) is 38.6 Å². The van der Waals surface area contributed by atoms with Crippen LogP contribution in [0.2, 0.25) is 0 Å². The SMILES string of the molecule is CNCCCCS(=O)(=O)NCCc1ccco1. The number of unbranched alkanes of at least 4 members (excludes halogenated alkanes) is 1. The van der Waals surface area contributed by atoms with E-state index in [0.717, 1.165) is 18.7 Å². The van der Waals surface area contributed by atoms with Gasteiger partial charge in [-0.3, -0.25) is 0 Å². The molecule has 98 valence electrons. The fraction of sp³-hybridized carbons (Fsp3) is 0.636. The maximum atomic E-state index is 11.6. The number of hydrogen-bond acceptors (Lipinski definition) is 4. The van der Waals surface area contributed by atoms with Gasteiger partial charge >= 0.3 is 0 Å². The van der Waals surface area contributed by atoms with Crippen LogP contribution in [-0.4, -0.2) is 34.3 Å². The van der Waals surface area contributed by atoms with Crippen molar-refractivity contribution in [2.45, 2.75) is 19.3 Å². The largest absolute Gasteiger partial charge is 0.469 e. The van der Waals surface area contributed by atoms with Crippen LogP contribution in [0.4, 0.5) is 0 Å².